The van der Waals surface area contributed by atoms with Crippen LogP contribution in [-0.2, 0) is 14.3 Å². The number of nitrogens with one attached hydrogen (secondary N) is 1. The molecule has 0 bridgehead atoms. The Bertz CT molecular complexity index is 1040. The normalized spacial score (nSPS) is 13.6. The molecule has 0 aliphatic heterocycles. The molecule has 6 nitrogen and oxygen atoms in total. The largest absolute Gasteiger partial charge is 0.462 e. The molecule has 0 aromatic carbocycles. The predicted octanol–water partition coefficient (Wildman–Crippen LogP) is 15.5. The first-order valence-corrected chi connectivity index (χ1v) is 25.9. The van der Waals surface area contributed by atoms with Crippen LogP contribution in [0.3, 0.4) is 0 Å². The number of unbranched alkanes of at least 4 members (excludes halogenated alkanes) is 26. The topological polar surface area (TPSA) is 95.9 Å². The summed E-state index contributed by atoms with van der Waals surface area (Å²) in [5.41, 5.74) is 0. The number of amides is 1. The molecule has 0 rings (SSSR count). The Balaban J connectivity index is 4.62. The Kier molecular flexibility index (Phi) is 46.1. The van der Waals surface area contributed by atoms with E-state index in [4.69, 9.17) is 4.74 Å². The fourth-order valence-corrected chi connectivity index (χ4v) is 7.67. The van der Waals surface area contributed by atoms with Crippen LogP contribution in [0.2, 0.25) is 0 Å². The highest BCUT2D eigenvalue weighted by molar-refractivity contribution is 5.77. The average Bonchev–Trinajstić information content (AvgIpc) is 3.24. The van der Waals surface area contributed by atoms with Gasteiger partial charge >= 0.3 is 5.97 Å². The minimum atomic E-state index is -0.797. The van der Waals surface area contributed by atoms with Crippen LogP contribution < -0.4 is 5.32 Å². The van der Waals surface area contributed by atoms with E-state index in [1.165, 1.54) is 141 Å². The highest BCUT2D eigenvalue weighted by atomic mass is 16.5. The van der Waals surface area contributed by atoms with Crippen molar-refractivity contribution in [1.82, 2.24) is 5.32 Å². The molecule has 3 unspecified atom stereocenters. The van der Waals surface area contributed by atoms with Gasteiger partial charge in [-0.1, -0.05) is 204 Å². The molecule has 350 valence electrons. The summed E-state index contributed by atoms with van der Waals surface area (Å²) in [7, 11) is 0. The van der Waals surface area contributed by atoms with Crippen LogP contribution in [0.4, 0.5) is 0 Å². The number of esters is 1. The van der Waals surface area contributed by atoms with Crippen LogP contribution in [0.15, 0.2) is 48.6 Å². The maximum atomic E-state index is 13.2. The third kappa shape index (κ3) is 42.5. The zero-order valence-electron chi connectivity index (χ0n) is 39.8. The molecule has 0 spiro atoms. The Labute approximate surface area is 372 Å². The predicted molar refractivity (Wildman–Crippen MR) is 259 cm³/mol. The van der Waals surface area contributed by atoms with Gasteiger partial charge in [0.1, 0.15) is 6.10 Å². The Morgan fingerprint density at radius 1 is 0.483 bits per heavy atom. The first-order valence-electron chi connectivity index (χ1n) is 25.9. The molecule has 1 amide bonds. The molecule has 0 saturated heterocycles. The van der Waals surface area contributed by atoms with E-state index in [9.17, 15) is 19.8 Å². The van der Waals surface area contributed by atoms with Crippen molar-refractivity contribution in [2.45, 2.75) is 277 Å². The molecule has 0 saturated carbocycles. The van der Waals surface area contributed by atoms with Crippen molar-refractivity contribution in [3.63, 3.8) is 0 Å². The zero-order valence-corrected chi connectivity index (χ0v) is 39.8. The van der Waals surface area contributed by atoms with E-state index in [1.54, 1.807) is 0 Å². The Morgan fingerprint density at radius 3 is 1.35 bits per heavy atom. The van der Waals surface area contributed by atoms with Gasteiger partial charge in [0.05, 0.1) is 25.2 Å². The number of carbonyl (C=O) groups excluding carboxylic acids is 2. The van der Waals surface area contributed by atoms with Crippen LogP contribution in [-0.4, -0.2) is 46.9 Å². The summed E-state index contributed by atoms with van der Waals surface area (Å²) in [6, 6.07) is -0.713. The third-order valence-electron chi connectivity index (χ3n) is 11.6. The first kappa shape index (κ1) is 57.8. The number of aliphatic hydroxyl groups excluding tert-OH is 2. The molecule has 60 heavy (non-hydrogen) atoms. The van der Waals surface area contributed by atoms with Crippen molar-refractivity contribution in [2.75, 3.05) is 6.61 Å². The molecule has 0 fully saturated rings. The lowest BCUT2D eigenvalue weighted by atomic mass is 10.0. The molecule has 0 aromatic heterocycles. The molecule has 0 aliphatic rings. The second-order valence-electron chi connectivity index (χ2n) is 17.6. The van der Waals surface area contributed by atoms with Gasteiger partial charge in [-0.2, -0.15) is 0 Å². The molecule has 0 aromatic rings. The smallest absolute Gasteiger partial charge is 0.306 e. The lowest BCUT2D eigenvalue weighted by molar-refractivity contribution is -0.151. The summed E-state index contributed by atoms with van der Waals surface area (Å²) in [5.74, 6) is -0.513. The van der Waals surface area contributed by atoms with Crippen molar-refractivity contribution < 1.29 is 24.5 Å². The van der Waals surface area contributed by atoms with E-state index >= 15 is 0 Å². The number of rotatable bonds is 46. The quantitative estimate of drug-likeness (QED) is 0.0322. The van der Waals surface area contributed by atoms with Crippen molar-refractivity contribution in [3.05, 3.63) is 48.6 Å². The number of allylic oxidation sites excluding steroid dienone is 8. The lowest BCUT2D eigenvalue weighted by Gasteiger charge is -2.24. The van der Waals surface area contributed by atoms with Crippen LogP contribution >= 0.6 is 0 Å². The summed E-state index contributed by atoms with van der Waals surface area (Å²) in [4.78, 5) is 26.1. The van der Waals surface area contributed by atoms with Crippen LogP contribution in [0.25, 0.3) is 0 Å². The fourth-order valence-electron chi connectivity index (χ4n) is 7.67. The summed E-state index contributed by atoms with van der Waals surface area (Å²) >= 11 is 0. The van der Waals surface area contributed by atoms with Gasteiger partial charge in [-0.05, 0) is 89.9 Å². The monoisotopic (exact) mass is 842 g/mol. The van der Waals surface area contributed by atoms with E-state index in [2.05, 4.69) is 74.7 Å². The van der Waals surface area contributed by atoms with Crippen LogP contribution in [0.5, 0.6) is 0 Å². The molecule has 0 radical (unpaired) electrons. The van der Waals surface area contributed by atoms with Gasteiger partial charge in [0.15, 0.2) is 0 Å². The summed E-state index contributed by atoms with van der Waals surface area (Å²) in [6.45, 7) is 6.42. The van der Waals surface area contributed by atoms with Gasteiger partial charge in [0, 0.05) is 6.42 Å². The van der Waals surface area contributed by atoms with Gasteiger partial charge < -0.3 is 20.3 Å². The number of carbonyl (C=O) groups is 2. The molecule has 3 N–H and O–H groups in total. The number of hydrogen-bond acceptors (Lipinski definition) is 5. The second kappa shape index (κ2) is 47.9. The SMILES string of the molecule is CCCCC/C=C\C/C=C\C/C=C\CCCCC(CC(=O)NC(CO)C(O)CCCCCCCCCCC)OC(=O)CCCCCCCCC/C=C/CCCCCCCC. The highest BCUT2D eigenvalue weighted by Crippen LogP contribution is 2.17. The maximum absolute atomic E-state index is 13.2. The van der Waals surface area contributed by atoms with Crippen LogP contribution in [0, 0.1) is 0 Å². The number of hydrogen-bond donors (Lipinski definition) is 3. The van der Waals surface area contributed by atoms with E-state index in [0.29, 0.717) is 19.3 Å². The summed E-state index contributed by atoms with van der Waals surface area (Å²) < 4.78 is 5.91. The molecular formula is C54H99NO5. The second-order valence-corrected chi connectivity index (χ2v) is 17.6. The van der Waals surface area contributed by atoms with Crippen molar-refractivity contribution in [1.29, 1.82) is 0 Å². The van der Waals surface area contributed by atoms with Crippen LogP contribution in [0.1, 0.15) is 258 Å². The fraction of sp³-hybridized carbons (Fsp3) is 0.815. The zero-order chi connectivity index (χ0) is 43.8. The van der Waals surface area contributed by atoms with E-state index in [0.717, 1.165) is 70.6 Å². The summed E-state index contributed by atoms with van der Waals surface area (Å²) in [6.07, 6.45) is 57.5. The maximum Gasteiger partial charge on any atom is 0.306 e. The molecular weight excluding hydrogens is 743 g/mol. The molecule has 6 heteroatoms. The van der Waals surface area contributed by atoms with Gasteiger partial charge in [0.2, 0.25) is 5.91 Å². The van der Waals surface area contributed by atoms with Gasteiger partial charge in [-0.15, -0.1) is 0 Å². The van der Waals surface area contributed by atoms with Crippen molar-refractivity contribution >= 4 is 11.9 Å². The highest BCUT2D eigenvalue weighted by Gasteiger charge is 2.24. The van der Waals surface area contributed by atoms with E-state index < -0.39 is 18.2 Å². The van der Waals surface area contributed by atoms with E-state index in [-0.39, 0.29) is 24.9 Å². The minimum Gasteiger partial charge on any atom is -0.462 e. The number of aliphatic hydroxyl groups is 2. The Hall–Kier alpha value is -2.18. The van der Waals surface area contributed by atoms with E-state index in [1.807, 2.05) is 0 Å². The first-order chi connectivity index (χ1) is 29.5. The van der Waals surface area contributed by atoms with Gasteiger partial charge in [-0.25, -0.2) is 0 Å². The lowest BCUT2D eigenvalue weighted by Crippen LogP contribution is -2.46. The van der Waals surface area contributed by atoms with Gasteiger partial charge in [-0.3, -0.25) is 9.59 Å². The number of ether oxygens (including phenoxy) is 1. The minimum absolute atomic E-state index is 0.0505. The third-order valence-corrected chi connectivity index (χ3v) is 11.6. The van der Waals surface area contributed by atoms with Crippen molar-refractivity contribution in [2.24, 2.45) is 0 Å². The van der Waals surface area contributed by atoms with Gasteiger partial charge in [0.25, 0.3) is 0 Å². The summed E-state index contributed by atoms with van der Waals surface area (Å²) in [5, 5.41) is 23.7. The molecule has 0 aliphatic carbocycles. The average molecular weight is 842 g/mol. The molecule has 0 heterocycles. The van der Waals surface area contributed by atoms with Crippen molar-refractivity contribution in [3.8, 4) is 0 Å². The standard InChI is InChI=1S/C54H99NO5/c1-4-7-10-13-16-19-21-23-25-26-28-30-32-35-38-41-44-47-54(59)60-50(45-42-39-36-34-31-29-27-24-22-20-17-14-11-8-5-2)48-53(58)55-51(49-56)52(57)46-43-40-37-33-18-15-12-9-6-3/h17,20,23-25,27,31,34,50-52,56-57H,4-16,18-19,21-22,26,28-30,32-33,35-49H2,1-3H3,(H,55,58)/b20-17-,25-23+,27-24-,34-31-. The Morgan fingerprint density at radius 2 is 0.850 bits per heavy atom. The molecule has 3 atom stereocenters.